The summed E-state index contributed by atoms with van der Waals surface area (Å²) in [4.78, 5) is 33.1. The summed E-state index contributed by atoms with van der Waals surface area (Å²) in [6.07, 6.45) is 0.828. The fraction of sp³-hybridized carbons (Fsp3) is 0.857. The van der Waals surface area contributed by atoms with Crippen molar-refractivity contribution in [2.24, 2.45) is 5.92 Å². The second kappa shape index (κ2) is 8.21. The van der Waals surface area contributed by atoms with Gasteiger partial charge in [-0.25, -0.2) is 5.48 Å². The van der Waals surface area contributed by atoms with E-state index in [1.165, 1.54) is 0 Å². The van der Waals surface area contributed by atoms with Crippen molar-refractivity contribution in [3.8, 4) is 0 Å². The number of amides is 2. The summed E-state index contributed by atoms with van der Waals surface area (Å²) in [7, 11) is 1.69. The van der Waals surface area contributed by atoms with Crippen molar-refractivity contribution in [2.45, 2.75) is 39.7 Å². The molecule has 0 aromatic rings. The van der Waals surface area contributed by atoms with E-state index in [1.807, 2.05) is 25.7 Å². The molecule has 0 saturated carbocycles. The molecule has 0 spiro atoms. The molecule has 0 bridgehead atoms. The molecule has 2 amide bonds. The number of hydroxylamine groups is 1. The minimum Gasteiger partial charge on any atom is -0.338 e. The Morgan fingerprint density at radius 3 is 2.20 bits per heavy atom. The van der Waals surface area contributed by atoms with Gasteiger partial charge in [-0.3, -0.25) is 14.4 Å². The quantitative estimate of drug-likeness (QED) is 0.753. The van der Waals surface area contributed by atoms with Crippen LogP contribution in [0.25, 0.3) is 0 Å². The van der Waals surface area contributed by atoms with Gasteiger partial charge in [0, 0.05) is 33.0 Å². The van der Waals surface area contributed by atoms with Crippen LogP contribution in [0.3, 0.4) is 0 Å². The van der Waals surface area contributed by atoms with E-state index in [4.69, 9.17) is 4.84 Å². The van der Waals surface area contributed by atoms with Gasteiger partial charge in [-0.15, -0.1) is 0 Å². The van der Waals surface area contributed by atoms with E-state index in [0.29, 0.717) is 44.9 Å². The van der Waals surface area contributed by atoms with E-state index < -0.39 is 0 Å². The highest BCUT2D eigenvalue weighted by molar-refractivity contribution is 5.77. The van der Waals surface area contributed by atoms with Crippen LogP contribution in [0.5, 0.6) is 0 Å². The molecule has 116 valence electrons. The maximum absolute atomic E-state index is 12.2. The van der Waals surface area contributed by atoms with Gasteiger partial charge in [-0.1, -0.05) is 20.8 Å². The van der Waals surface area contributed by atoms with E-state index in [-0.39, 0.29) is 17.9 Å². The number of hydrogen-bond donors (Lipinski definition) is 1. The van der Waals surface area contributed by atoms with Crippen LogP contribution in [0.1, 0.15) is 33.6 Å². The van der Waals surface area contributed by atoms with Crippen LogP contribution in [0, 0.1) is 5.92 Å². The Bertz CT molecular complexity index is 334. The molecule has 1 aliphatic heterocycles. The normalized spacial score (nSPS) is 20.1. The average molecular weight is 285 g/mol. The topological polar surface area (TPSA) is 61.9 Å². The molecule has 1 aliphatic rings. The van der Waals surface area contributed by atoms with Crippen molar-refractivity contribution in [3.05, 3.63) is 0 Å². The predicted octanol–water partition coefficient (Wildman–Crippen LogP) is 0.633. The number of nitrogens with one attached hydrogen (secondary N) is 1. The van der Waals surface area contributed by atoms with Gasteiger partial charge >= 0.3 is 0 Å². The Morgan fingerprint density at radius 1 is 1.20 bits per heavy atom. The van der Waals surface area contributed by atoms with Crippen LogP contribution >= 0.6 is 0 Å². The highest BCUT2D eigenvalue weighted by Gasteiger charge is 2.28. The second-order valence-corrected chi connectivity index (χ2v) is 5.58. The molecule has 6 heteroatoms. The van der Waals surface area contributed by atoms with Crippen molar-refractivity contribution >= 4 is 11.8 Å². The van der Waals surface area contributed by atoms with Gasteiger partial charge in [0.15, 0.2) is 0 Å². The van der Waals surface area contributed by atoms with Gasteiger partial charge in [0.05, 0.1) is 13.1 Å². The van der Waals surface area contributed by atoms with Crippen molar-refractivity contribution in [2.75, 3.05) is 33.2 Å². The summed E-state index contributed by atoms with van der Waals surface area (Å²) in [5.74, 6) is 0.575. The van der Waals surface area contributed by atoms with Crippen LogP contribution in [0.4, 0.5) is 0 Å². The predicted molar refractivity (Wildman–Crippen MR) is 76.8 cm³/mol. The number of rotatable bonds is 5. The van der Waals surface area contributed by atoms with Gasteiger partial charge in [0.2, 0.25) is 11.8 Å². The molecule has 0 aromatic heterocycles. The molecule has 0 aromatic carbocycles. The lowest BCUT2D eigenvalue weighted by molar-refractivity contribution is -0.134. The summed E-state index contributed by atoms with van der Waals surface area (Å²) in [5, 5.41) is 0. The Balaban J connectivity index is 2.71. The lowest BCUT2D eigenvalue weighted by Crippen LogP contribution is -2.41. The van der Waals surface area contributed by atoms with Gasteiger partial charge in [-0.05, 0) is 5.92 Å². The van der Waals surface area contributed by atoms with Crippen LogP contribution in [0.15, 0.2) is 0 Å². The summed E-state index contributed by atoms with van der Waals surface area (Å²) < 4.78 is 0. The van der Waals surface area contributed by atoms with Crippen molar-refractivity contribution in [1.29, 1.82) is 0 Å². The highest BCUT2D eigenvalue weighted by atomic mass is 16.7. The molecule has 1 unspecified atom stereocenters. The molecule has 1 heterocycles. The van der Waals surface area contributed by atoms with Gasteiger partial charge in [0.25, 0.3) is 0 Å². The molecule has 1 fully saturated rings. The van der Waals surface area contributed by atoms with E-state index in [9.17, 15) is 9.59 Å². The van der Waals surface area contributed by atoms with Gasteiger partial charge < -0.3 is 9.80 Å². The van der Waals surface area contributed by atoms with Crippen LogP contribution < -0.4 is 5.48 Å². The second-order valence-electron chi connectivity index (χ2n) is 5.58. The lowest BCUT2D eigenvalue weighted by Gasteiger charge is -2.24. The minimum absolute atomic E-state index is 0.105. The number of carbonyl (C=O) groups is 2. The number of hydrogen-bond acceptors (Lipinski definition) is 4. The smallest absolute Gasteiger partial charge is 0.222 e. The molecule has 20 heavy (non-hydrogen) atoms. The lowest BCUT2D eigenvalue weighted by atomic mass is 10.1. The van der Waals surface area contributed by atoms with Crippen LogP contribution in [-0.2, 0) is 14.4 Å². The zero-order valence-corrected chi connectivity index (χ0v) is 13.0. The Labute approximate surface area is 121 Å². The summed E-state index contributed by atoms with van der Waals surface area (Å²) in [6, 6.07) is 0. The summed E-state index contributed by atoms with van der Waals surface area (Å²) >= 11 is 0. The van der Waals surface area contributed by atoms with Crippen molar-refractivity contribution in [1.82, 2.24) is 15.3 Å². The molecule has 6 nitrogen and oxygen atoms in total. The Morgan fingerprint density at radius 2 is 1.75 bits per heavy atom. The fourth-order valence-corrected chi connectivity index (χ4v) is 2.37. The van der Waals surface area contributed by atoms with E-state index in [0.717, 1.165) is 0 Å². The largest absolute Gasteiger partial charge is 0.338 e. The maximum Gasteiger partial charge on any atom is 0.222 e. The van der Waals surface area contributed by atoms with Gasteiger partial charge in [0.1, 0.15) is 6.10 Å². The molecule has 1 atom stereocenters. The first-order valence-electron chi connectivity index (χ1n) is 7.35. The van der Waals surface area contributed by atoms with Gasteiger partial charge in [-0.2, -0.15) is 0 Å². The molecule has 1 N–H and O–H groups in total. The standard InChI is InChI=1S/C14H27N3O3/c1-5-13(18)16-6-7-17(14(19)8-11(2)3)10-12(9-16)20-15-4/h11-12,15H,5-10H2,1-4H3. The minimum atomic E-state index is -0.186. The SMILES string of the molecule is CCC(=O)N1CCN(C(=O)CC(C)C)CC(ONC)C1. The molecular weight excluding hydrogens is 258 g/mol. The maximum atomic E-state index is 12.2. The van der Waals surface area contributed by atoms with E-state index >= 15 is 0 Å². The average Bonchev–Trinajstić information content (AvgIpc) is 2.60. The van der Waals surface area contributed by atoms with E-state index in [1.54, 1.807) is 11.9 Å². The number of carbonyl (C=O) groups excluding carboxylic acids is 2. The highest BCUT2D eigenvalue weighted by Crippen LogP contribution is 2.11. The molecular formula is C14H27N3O3. The molecule has 1 saturated heterocycles. The van der Waals surface area contributed by atoms with Crippen LogP contribution in [0.2, 0.25) is 0 Å². The Hall–Kier alpha value is -1.14. The monoisotopic (exact) mass is 285 g/mol. The molecule has 1 rings (SSSR count). The third-order valence-electron chi connectivity index (χ3n) is 3.36. The third-order valence-corrected chi connectivity index (χ3v) is 3.36. The molecule has 0 aliphatic carbocycles. The third kappa shape index (κ3) is 5.09. The first-order valence-corrected chi connectivity index (χ1v) is 7.35. The number of nitrogens with zero attached hydrogens (tertiary/aromatic N) is 2. The zero-order chi connectivity index (χ0) is 15.1. The van der Waals surface area contributed by atoms with Crippen molar-refractivity contribution < 1.29 is 14.4 Å². The summed E-state index contributed by atoms with van der Waals surface area (Å²) in [5.41, 5.74) is 2.67. The fourth-order valence-electron chi connectivity index (χ4n) is 2.37. The van der Waals surface area contributed by atoms with Crippen molar-refractivity contribution in [3.63, 3.8) is 0 Å². The van der Waals surface area contributed by atoms with Crippen LogP contribution in [-0.4, -0.2) is 60.9 Å². The first kappa shape index (κ1) is 16.9. The Kier molecular flexibility index (Phi) is 6.95. The summed E-state index contributed by atoms with van der Waals surface area (Å²) in [6.45, 7) is 8.14. The molecule has 0 radical (unpaired) electrons. The van der Waals surface area contributed by atoms with E-state index in [2.05, 4.69) is 5.48 Å². The zero-order valence-electron chi connectivity index (χ0n) is 13.0. The first-order chi connectivity index (χ1) is 9.47.